The first-order valence-corrected chi connectivity index (χ1v) is 6.27. The highest BCUT2D eigenvalue weighted by Crippen LogP contribution is 2.25. The van der Waals surface area contributed by atoms with Gasteiger partial charge in [0.15, 0.2) is 0 Å². The zero-order valence-electron chi connectivity index (χ0n) is 11.0. The average Bonchev–Trinajstić information content (AvgIpc) is 2.49. The monoisotopic (exact) mass is 285 g/mol. The van der Waals surface area contributed by atoms with E-state index in [-0.39, 0.29) is 12.1 Å². The van der Waals surface area contributed by atoms with E-state index in [4.69, 9.17) is 0 Å². The lowest BCUT2D eigenvalue weighted by Gasteiger charge is -2.10. The molecule has 0 radical (unpaired) electrons. The molecule has 0 aliphatic rings. The summed E-state index contributed by atoms with van der Waals surface area (Å²) < 4.78 is 0. The van der Waals surface area contributed by atoms with Gasteiger partial charge >= 0.3 is 0 Å². The van der Waals surface area contributed by atoms with Gasteiger partial charge in [-0.3, -0.25) is 15.1 Å². The summed E-state index contributed by atoms with van der Waals surface area (Å²) in [5, 5.41) is 32.3. The quantitative estimate of drug-likeness (QED) is 0.514. The third kappa shape index (κ3) is 3.64. The van der Waals surface area contributed by atoms with Crippen molar-refractivity contribution in [2.45, 2.75) is 6.10 Å². The van der Waals surface area contributed by atoms with Gasteiger partial charge in [-0.25, -0.2) is 0 Å². The maximum Gasteiger partial charge on any atom is 0.262 e. The van der Waals surface area contributed by atoms with E-state index in [1.807, 2.05) is 6.07 Å². The number of aliphatic hydroxyl groups is 1. The van der Waals surface area contributed by atoms with Crippen molar-refractivity contribution in [1.82, 2.24) is 0 Å². The largest absolute Gasteiger partial charge is 0.867 e. The minimum absolute atomic E-state index is 0.0755. The van der Waals surface area contributed by atoms with Crippen LogP contribution in [-0.4, -0.2) is 22.8 Å². The van der Waals surface area contributed by atoms with Crippen LogP contribution >= 0.6 is 0 Å². The Labute approximate surface area is 121 Å². The molecule has 0 saturated carbocycles. The van der Waals surface area contributed by atoms with Gasteiger partial charge in [0.25, 0.3) is 5.69 Å². The number of nitro benzene ring substituents is 1. The van der Waals surface area contributed by atoms with E-state index < -0.39 is 22.5 Å². The molecule has 0 unspecified atom stereocenters. The molecule has 0 aliphatic heterocycles. The third-order valence-electron chi connectivity index (χ3n) is 2.91. The molecule has 0 bridgehead atoms. The summed E-state index contributed by atoms with van der Waals surface area (Å²) in [5.74, 6) is -0.680. The number of benzene rings is 2. The molecule has 0 saturated heterocycles. The number of hydrogen-bond acceptors (Lipinski definition) is 5. The van der Waals surface area contributed by atoms with Gasteiger partial charge in [-0.05, 0) is 16.9 Å². The standard InChI is InChI=1S/C15H14N2O4/c18-14(11-5-2-1-3-6-11)10-16-9-12-7-4-8-13(15(12)19)17(20)21/h1-9,14,18-19H,10H2/p-1/t14-/m1/s1. The maximum atomic E-state index is 11.8. The van der Waals surface area contributed by atoms with E-state index >= 15 is 0 Å². The lowest BCUT2D eigenvalue weighted by molar-refractivity contribution is -0.398. The van der Waals surface area contributed by atoms with E-state index in [0.29, 0.717) is 0 Å². The zero-order chi connectivity index (χ0) is 15.2. The van der Waals surface area contributed by atoms with Crippen LogP contribution in [0.1, 0.15) is 17.2 Å². The van der Waals surface area contributed by atoms with Gasteiger partial charge in [-0.15, -0.1) is 0 Å². The van der Waals surface area contributed by atoms with E-state index in [1.54, 1.807) is 24.3 Å². The Hall–Kier alpha value is -2.73. The number of hydrogen-bond donors (Lipinski definition) is 1. The fourth-order valence-corrected chi connectivity index (χ4v) is 1.82. The number of nitrogens with zero attached hydrogens (tertiary/aromatic N) is 2. The first-order valence-electron chi connectivity index (χ1n) is 6.27. The van der Waals surface area contributed by atoms with Crippen molar-refractivity contribution < 1.29 is 15.1 Å². The van der Waals surface area contributed by atoms with Gasteiger partial charge < -0.3 is 10.2 Å². The lowest BCUT2D eigenvalue weighted by Crippen LogP contribution is -2.04. The van der Waals surface area contributed by atoms with Crippen LogP contribution in [-0.2, 0) is 0 Å². The minimum atomic E-state index is -0.781. The fourth-order valence-electron chi connectivity index (χ4n) is 1.82. The van der Waals surface area contributed by atoms with Crippen molar-refractivity contribution in [1.29, 1.82) is 0 Å². The van der Waals surface area contributed by atoms with Crippen LogP contribution in [0.25, 0.3) is 0 Å². The van der Waals surface area contributed by atoms with Gasteiger partial charge in [-0.2, -0.15) is 0 Å². The molecule has 1 N–H and O–H groups in total. The smallest absolute Gasteiger partial charge is 0.262 e. The van der Waals surface area contributed by atoms with Crippen LogP contribution in [0, 0.1) is 10.1 Å². The van der Waals surface area contributed by atoms with Crippen LogP contribution in [0.15, 0.2) is 53.5 Å². The van der Waals surface area contributed by atoms with Crippen LogP contribution in [0.3, 0.4) is 0 Å². The molecule has 21 heavy (non-hydrogen) atoms. The Balaban J connectivity index is 2.09. The van der Waals surface area contributed by atoms with Crippen molar-refractivity contribution in [3.63, 3.8) is 0 Å². The Morgan fingerprint density at radius 3 is 2.57 bits per heavy atom. The molecule has 0 fully saturated rings. The third-order valence-corrected chi connectivity index (χ3v) is 2.91. The number of aliphatic hydroxyl groups excluding tert-OH is 1. The first-order chi connectivity index (χ1) is 10.1. The normalized spacial score (nSPS) is 12.4. The fraction of sp³-hybridized carbons (Fsp3) is 0.133. The van der Waals surface area contributed by atoms with Crippen molar-refractivity contribution in [3.8, 4) is 5.75 Å². The molecule has 0 aliphatic carbocycles. The molecule has 6 heteroatoms. The molecule has 0 spiro atoms. The van der Waals surface area contributed by atoms with Crippen LogP contribution in [0.4, 0.5) is 5.69 Å². The molecular weight excluding hydrogens is 272 g/mol. The second-order valence-corrected chi connectivity index (χ2v) is 4.37. The minimum Gasteiger partial charge on any atom is -0.867 e. The molecule has 2 aromatic rings. The summed E-state index contributed by atoms with van der Waals surface area (Å²) in [6.45, 7) is 0.0755. The summed E-state index contributed by atoms with van der Waals surface area (Å²) in [6, 6.07) is 13.0. The summed E-state index contributed by atoms with van der Waals surface area (Å²) in [4.78, 5) is 13.9. The number of para-hydroxylation sites is 1. The SMILES string of the molecule is O=[N+]([O-])c1cccc(C=NC[C@@H](O)c2ccccc2)c1[O-]. The van der Waals surface area contributed by atoms with Crippen LogP contribution in [0.2, 0.25) is 0 Å². The van der Waals surface area contributed by atoms with Gasteiger partial charge in [0, 0.05) is 12.3 Å². The van der Waals surface area contributed by atoms with Crippen molar-refractivity contribution >= 4 is 11.9 Å². The molecule has 0 amide bonds. The summed E-state index contributed by atoms with van der Waals surface area (Å²) in [5.41, 5.74) is 0.364. The van der Waals surface area contributed by atoms with Gasteiger partial charge in [0.05, 0.1) is 17.6 Å². The highest BCUT2D eigenvalue weighted by atomic mass is 16.6. The van der Waals surface area contributed by atoms with E-state index in [0.717, 1.165) is 11.6 Å². The molecule has 1 atom stereocenters. The Bertz CT molecular complexity index is 656. The Morgan fingerprint density at radius 1 is 1.19 bits per heavy atom. The second kappa shape index (κ2) is 6.62. The maximum absolute atomic E-state index is 11.8. The Morgan fingerprint density at radius 2 is 1.90 bits per heavy atom. The zero-order valence-corrected chi connectivity index (χ0v) is 11.0. The molecular formula is C15H13N2O4-. The van der Waals surface area contributed by atoms with Gasteiger partial charge in [0.1, 0.15) is 0 Å². The summed E-state index contributed by atoms with van der Waals surface area (Å²) >= 11 is 0. The van der Waals surface area contributed by atoms with Gasteiger partial charge in [-0.1, -0.05) is 42.5 Å². The predicted molar refractivity (Wildman–Crippen MR) is 76.4 cm³/mol. The highest BCUT2D eigenvalue weighted by Gasteiger charge is 2.08. The molecule has 2 aromatic carbocycles. The van der Waals surface area contributed by atoms with E-state index in [9.17, 15) is 20.3 Å². The van der Waals surface area contributed by atoms with Crippen molar-refractivity contribution in [2.75, 3.05) is 6.54 Å². The number of aliphatic imine (C=N–C) groups is 1. The molecule has 0 heterocycles. The average molecular weight is 285 g/mol. The number of nitro groups is 1. The predicted octanol–water partition coefficient (Wildman–Crippen LogP) is 1.82. The van der Waals surface area contributed by atoms with E-state index in [2.05, 4.69) is 4.99 Å². The molecule has 2 rings (SSSR count). The second-order valence-electron chi connectivity index (χ2n) is 4.37. The summed E-state index contributed by atoms with van der Waals surface area (Å²) in [6.07, 6.45) is 0.470. The molecule has 108 valence electrons. The van der Waals surface area contributed by atoms with E-state index in [1.165, 1.54) is 18.3 Å². The summed E-state index contributed by atoms with van der Waals surface area (Å²) in [7, 11) is 0. The molecule has 6 nitrogen and oxygen atoms in total. The first kappa shape index (κ1) is 14.7. The van der Waals surface area contributed by atoms with Crippen molar-refractivity contribution in [3.05, 3.63) is 69.8 Å². The lowest BCUT2D eigenvalue weighted by atomic mass is 10.1. The number of rotatable bonds is 5. The molecule has 0 aromatic heterocycles. The Kier molecular flexibility index (Phi) is 4.63. The highest BCUT2D eigenvalue weighted by molar-refractivity contribution is 5.85. The van der Waals surface area contributed by atoms with Gasteiger partial charge in [0.2, 0.25) is 0 Å². The topological polar surface area (TPSA) is 98.8 Å². The van der Waals surface area contributed by atoms with Crippen molar-refractivity contribution in [2.24, 2.45) is 4.99 Å². The van der Waals surface area contributed by atoms with Crippen LogP contribution < -0.4 is 5.11 Å². The van der Waals surface area contributed by atoms with Crippen LogP contribution in [0.5, 0.6) is 5.75 Å².